The predicted molar refractivity (Wildman–Crippen MR) is 39.6 cm³/mol. The highest BCUT2D eigenvalue weighted by molar-refractivity contribution is 5.36. The molecule has 2 heterocycles. The Hall–Kier alpha value is -0.0800. The van der Waals surface area contributed by atoms with Gasteiger partial charge in [0, 0.05) is 0 Å². The van der Waals surface area contributed by atoms with E-state index in [0.29, 0.717) is 0 Å². The molecule has 2 heteroatoms. The van der Waals surface area contributed by atoms with E-state index in [0.717, 1.165) is 6.42 Å². The largest absolute Gasteiger partial charge is 0.332 e. The zero-order valence-electron chi connectivity index (χ0n) is 7.23. The van der Waals surface area contributed by atoms with Gasteiger partial charge in [-0.15, -0.1) is 0 Å². The van der Waals surface area contributed by atoms with E-state index >= 15 is 0 Å². The summed E-state index contributed by atoms with van der Waals surface area (Å²) < 4.78 is 11.2. The van der Waals surface area contributed by atoms with E-state index in [1.165, 1.54) is 12.5 Å². The highest BCUT2D eigenvalue weighted by atomic mass is 16.9. The second kappa shape index (κ2) is 1.27. The van der Waals surface area contributed by atoms with Crippen LogP contribution >= 0.6 is 0 Å². The smallest absolute Gasteiger partial charge is 0.233 e. The minimum absolute atomic E-state index is 0.00637. The Morgan fingerprint density at radius 1 is 1.27 bits per heavy atom. The molecule has 2 nitrogen and oxygen atoms in total. The maximum absolute atomic E-state index is 5.68. The third kappa shape index (κ3) is 0.456. The van der Waals surface area contributed by atoms with Gasteiger partial charge in [0.05, 0.1) is 0 Å². The van der Waals surface area contributed by atoms with Crippen molar-refractivity contribution in [3.8, 4) is 0 Å². The van der Waals surface area contributed by atoms with Crippen molar-refractivity contribution in [2.24, 2.45) is 5.41 Å². The van der Waals surface area contributed by atoms with Crippen LogP contribution in [0.15, 0.2) is 0 Å². The molecule has 1 spiro atoms. The summed E-state index contributed by atoms with van der Waals surface area (Å²) >= 11 is 0. The molecule has 0 amide bonds. The third-order valence-electron chi connectivity index (χ3n) is 3.80. The molecule has 2 unspecified atom stereocenters. The van der Waals surface area contributed by atoms with Crippen LogP contribution in [0.5, 0.6) is 0 Å². The number of hydrogen-bond acceptors (Lipinski definition) is 2. The molecule has 0 bridgehead atoms. The lowest BCUT2D eigenvalue weighted by Gasteiger charge is -2.30. The second-order valence-electron chi connectivity index (χ2n) is 4.66. The van der Waals surface area contributed by atoms with Crippen LogP contribution in [0.2, 0.25) is 0 Å². The predicted octanol–water partition coefficient (Wildman–Crippen LogP) is 1.85. The van der Waals surface area contributed by atoms with Gasteiger partial charge in [-0.05, 0) is 25.2 Å². The first-order valence-corrected chi connectivity index (χ1v) is 4.27. The minimum Gasteiger partial charge on any atom is -0.332 e. The Morgan fingerprint density at radius 3 is 2.64 bits per heavy atom. The molecule has 0 aromatic carbocycles. The zero-order valence-corrected chi connectivity index (χ0v) is 7.23. The van der Waals surface area contributed by atoms with Gasteiger partial charge in [-0.1, -0.05) is 13.8 Å². The average molecular weight is 153 g/mol. The summed E-state index contributed by atoms with van der Waals surface area (Å²) in [5.41, 5.74) is 0.278. The fourth-order valence-electron chi connectivity index (χ4n) is 2.31. The van der Waals surface area contributed by atoms with E-state index in [1.807, 2.05) is 0 Å². The second-order valence-corrected chi connectivity index (χ2v) is 4.66. The summed E-state index contributed by atoms with van der Waals surface area (Å²) in [6.07, 6.45) is 3.49. The SMILES string of the molecule is CC1(C)CC[C]2OC23OC13C. The van der Waals surface area contributed by atoms with Crippen LogP contribution in [0.4, 0.5) is 0 Å². The lowest BCUT2D eigenvalue weighted by Crippen LogP contribution is -2.36. The van der Waals surface area contributed by atoms with Gasteiger partial charge in [0.1, 0.15) is 5.60 Å². The Labute approximate surface area is 66.9 Å². The molecule has 1 aliphatic carbocycles. The first-order valence-electron chi connectivity index (χ1n) is 4.27. The number of epoxide rings is 2. The first-order chi connectivity index (χ1) is 5.02. The monoisotopic (exact) mass is 153 g/mol. The van der Waals surface area contributed by atoms with Gasteiger partial charge in [-0.3, -0.25) is 0 Å². The Morgan fingerprint density at radius 2 is 2.00 bits per heavy atom. The van der Waals surface area contributed by atoms with E-state index in [2.05, 4.69) is 20.8 Å². The summed E-state index contributed by atoms with van der Waals surface area (Å²) in [4.78, 5) is 0. The first kappa shape index (κ1) is 6.44. The normalized spacial score (nSPS) is 58.1. The lowest BCUT2D eigenvalue weighted by molar-refractivity contribution is 0.139. The van der Waals surface area contributed by atoms with Crippen molar-refractivity contribution in [3.05, 3.63) is 6.10 Å². The van der Waals surface area contributed by atoms with Gasteiger partial charge < -0.3 is 9.47 Å². The lowest BCUT2D eigenvalue weighted by atomic mass is 9.69. The van der Waals surface area contributed by atoms with Crippen molar-refractivity contribution in [2.45, 2.75) is 45.0 Å². The van der Waals surface area contributed by atoms with Gasteiger partial charge >= 0.3 is 0 Å². The summed E-state index contributed by atoms with van der Waals surface area (Å²) in [5.74, 6) is -0.200. The molecule has 2 saturated heterocycles. The van der Waals surface area contributed by atoms with Crippen molar-refractivity contribution in [1.82, 2.24) is 0 Å². The van der Waals surface area contributed by atoms with E-state index in [9.17, 15) is 0 Å². The van der Waals surface area contributed by atoms with E-state index in [1.54, 1.807) is 0 Å². The maximum Gasteiger partial charge on any atom is 0.233 e. The molecule has 3 fully saturated rings. The van der Waals surface area contributed by atoms with Crippen molar-refractivity contribution < 1.29 is 9.47 Å². The molecule has 1 radical (unpaired) electrons. The van der Waals surface area contributed by atoms with Gasteiger partial charge in [0.15, 0.2) is 6.10 Å². The molecule has 2 aliphatic heterocycles. The van der Waals surface area contributed by atoms with Gasteiger partial charge in [0.2, 0.25) is 5.79 Å². The van der Waals surface area contributed by atoms with E-state index in [-0.39, 0.29) is 16.8 Å². The molecule has 11 heavy (non-hydrogen) atoms. The van der Waals surface area contributed by atoms with Crippen LogP contribution in [0.25, 0.3) is 0 Å². The van der Waals surface area contributed by atoms with Crippen LogP contribution in [-0.2, 0) is 9.47 Å². The maximum atomic E-state index is 5.68. The topological polar surface area (TPSA) is 25.1 Å². The summed E-state index contributed by atoms with van der Waals surface area (Å²) in [6.45, 7) is 6.69. The van der Waals surface area contributed by atoms with Crippen molar-refractivity contribution in [3.63, 3.8) is 0 Å². The molecule has 3 aliphatic rings. The Kier molecular flexibility index (Phi) is 0.744. The molecule has 0 N–H and O–H groups in total. The molecule has 61 valence electrons. The van der Waals surface area contributed by atoms with E-state index < -0.39 is 0 Å². The van der Waals surface area contributed by atoms with Crippen molar-refractivity contribution in [1.29, 1.82) is 0 Å². The molecule has 2 atom stereocenters. The van der Waals surface area contributed by atoms with Gasteiger partial charge in [-0.2, -0.15) is 0 Å². The van der Waals surface area contributed by atoms with E-state index in [4.69, 9.17) is 9.47 Å². The number of rotatable bonds is 0. The summed E-state index contributed by atoms with van der Waals surface area (Å²) in [7, 11) is 0. The number of hydrogen-bond donors (Lipinski definition) is 0. The number of ether oxygens (including phenoxy) is 2. The Balaban J connectivity index is 2.03. The highest BCUT2D eigenvalue weighted by Crippen LogP contribution is 2.77. The van der Waals surface area contributed by atoms with Crippen LogP contribution < -0.4 is 0 Å². The molecular formula is C9H13O2. The molecule has 1 saturated carbocycles. The van der Waals surface area contributed by atoms with Crippen LogP contribution in [0.3, 0.4) is 0 Å². The van der Waals surface area contributed by atoms with Crippen LogP contribution in [0.1, 0.15) is 33.6 Å². The minimum atomic E-state index is -0.200. The standard InChI is InChI=1S/C9H13O2/c1-7(2)5-4-6-9(10-6)8(7,3)11-9/h4-5H2,1-3H3. The fourth-order valence-corrected chi connectivity index (χ4v) is 2.31. The molecular weight excluding hydrogens is 140 g/mol. The molecule has 0 aromatic heterocycles. The molecule has 3 rings (SSSR count). The quantitative estimate of drug-likeness (QED) is 0.496. The zero-order chi connectivity index (χ0) is 7.91. The Bertz CT molecular complexity index is 236. The van der Waals surface area contributed by atoms with Crippen LogP contribution in [0, 0.1) is 11.5 Å². The van der Waals surface area contributed by atoms with Crippen molar-refractivity contribution in [2.75, 3.05) is 0 Å². The van der Waals surface area contributed by atoms with Crippen LogP contribution in [-0.4, -0.2) is 11.4 Å². The van der Waals surface area contributed by atoms with Gasteiger partial charge in [0.25, 0.3) is 0 Å². The summed E-state index contributed by atoms with van der Waals surface area (Å²) in [6, 6.07) is 0. The highest BCUT2D eigenvalue weighted by Gasteiger charge is 2.89. The fraction of sp³-hybridized carbons (Fsp3) is 0.889. The third-order valence-corrected chi connectivity index (χ3v) is 3.80. The van der Waals surface area contributed by atoms with Crippen molar-refractivity contribution >= 4 is 0 Å². The summed E-state index contributed by atoms with van der Waals surface area (Å²) in [5, 5.41) is 0. The average Bonchev–Trinajstić information content (AvgIpc) is 2.70. The van der Waals surface area contributed by atoms with Gasteiger partial charge in [-0.25, -0.2) is 0 Å². The molecule has 0 aromatic rings.